The van der Waals surface area contributed by atoms with Gasteiger partial charge in [-0.05, 0) is 56.4 Å². The first-order valence-corrected chi connectivity index (χ1v) is 14.6. The van der Waals surface area contributed by atoms with Gasteiger partial charge >= 0.3 is 12.1 Å². The third-order valence-electron chi connectivity index (χ3n) is 6.54. The summed E-state index contributed by atoms with van der Waals surface area (Å²) in [6.45, 7) is 0.268. The van der Waals surface area contributed by atoms with E-state index in [-0.39, 0.29) is 65.8 Å². The van der Waals surface area contributed by atoms with Crippen LogP contribution in [0.5, 0.6) is 5.75 Å². The molecule has 1 unspecified atom stereocenters. The number of halogens is 4. The first kappa shape index (κ1) is 31.3. The second-order valence-electron chi connectivity index (χ2n) is 9.46. The lowest BCUT2D eigenvalue weighted by molar-refractivity contribution is -0.138. The van der Waals surface area contributed by atoms with Crippen LogP contribution >= 0.6 is 11.6 Å². The molecule has 1 aliphatic heterocycles. The van der Waals surface area contributed by atoms with E-state index in [0.29, 0.717) is 19.4 Å². The Kier molecular flexibility index (Phi) is 10.5. The van der Waals surface area contributed by atoms with Gasteiger partial charge < -0.3 is 20.5 Å². The van der Waals surface area contributed by atoms with Gasteiger partial charge in [0.15, 0.2) is 5.96 Å². The molecule has 220 valence electrons. The number of nitrogens with one attached hydrogen (secondary N) is 1. The van der Waals surface area contributed by atoms with Crippen LogP contribution in [0.4, 0.5) is 18.9 Å². The largest absolute Gasteiger partial charge is 0.491 e. The maximum atomic E-state index is 13.9. The van der Waals surface area contributed by atoms with Crippen LogP contribution < -0.4 is 14.8 Å². The van der Waals surface area contributed by atoms with Crippen LogP contribution in [0, 0.1) is 5.41 Å². The van der Waals surface area contributed by atoms with Gasteiger partial charge in [0.1, 0.15) is 17.3 Å². The number of nitrogens with zero attached hydrogens (tertiary/aromatic N) is 2. The molecule has 1 saturated heterocycles. The minimum atomic E-state index is -4.80. The molecule has 2 aromatic rings. The number of carbonyl (C=O) groups is 1. The molecule has 0 radical (unpaired) electrons. The van der Waals surface area contributed by atoms with Crippen molar-refractivity contribution in [2.75, 3.05) is 24.0 Å². The molecule has 9 nitrogen and oxygen atoms in total. The monoisotopic (exact) mass is 604 g/mol. The van der Waals surface area contributed by atoms with Crippen molar-refractivity contribution < 1.29 is 36.2 Å². The molecular formula is C26H32ClF3N4O5S. The number of anilines is 1. The average Bonchev–Trinajstić information content (AvgIpc) is 2.88. The molecule has 1 atom stereocenters. The zero-order valence-electron chi connectivity index (χ0n) is 21.7. The van der Waals surface area contributed by atoms with Gasteiger partial charge in [0.25, 0.3) is 10.0 Å². The fourth-order valence-electron chi connectivity index (χ4n) is 4.53. The number of rotatable bonds is 12. The Morgan fingerprint density at radius 1 is 1.18 bits per heavy atom. The van der Waals surface area contributed by atoms with Crippen LogP contribution in [0.15, 0.2) is 47.4 Å². The van der Waals surface area contributed by atoms with Crippen LogP contribution in [0.1, 0.15) is 50.5 Å². The third kappa shape index (κ3) is 8.17. The van der Waals surface area contributed by atoms with Gasteiger partial charge in [-0.2, -0.15) is 13.2 Å². The van der Waals surface area contributed by atoms with E-state index >= 15 is 0 Å². The first-order valence-electron chi connectivity index (χ1n) is 12.8. The van der Waals surface area contributed by atoms with Gasteiger partial charge in [-0.3, -0.25) is 14.5 Å². The zero-order chi connectivity index (χ0) is 29.5. The zero-order valence-corrected chi connectivity index (χ0v) is 23.2. The topological polar surface area (TPSA) is 137 Å². The molecule has 4 N–H and O–H groups in total. The lowest BCUT2D eigenvalue weighted by atomic mass is 10.0. The van der Waals surface area contributed by atoms with Crippen molar-refractivity contribution in [2.45, 2.75) is 62.1 Å². The van der Waals surface area contributed by atoms with E-state index in [1.165, 1.54) is 30.3 Å². The summed E-state index contributed by atoms with van der Waals surface area (Å²) in [6, 6.07) is 8.06. The van der Waals surface area contributed by atoms with Crippen molar-refractivity contribution in [1.82, 2.24) is 4.90 Å². The van der Waals surface area contributed by atoms with Gasteiger partial charge in [-0.15, -0.1) is 0 Å². The highest BCUT2D eigenvalue weighted by molar-refractivity contribution is 7.93. The third-order valence-corrected chi connectivity index (χ3v) is 8.87. The molecule has 14 heteroatoms. The summed E-state index contributed by atoms with van der Waals surface area (Å²) in [5, 5.41) is 16.6. The molecule has 1 heterocycles. The highest BCUT2D eigenvalue weighted by Crippen LogP contribution is 2.38. The second kappa shape index (κ2) is 13.4. The summed E-state index contributed by atoms with van der Waals surface area (Å²) < 4.78 is 75.8. The van der Waals surface area contributed by atoms with E-state index in [1.54, 1.807) is 4.90 Å². The molecule has 0 amide bonds. The quantitative estimate of drug-likeness (QED) is 0.169. The summed E-state index contributed by atoms with van der Waals surface area (Å²) in [7, 11) is -4.41. The summed E-state index contributed by atoms with van der Waals surface area (Å²) in [4.78, 5) is 12.2. The van der Waals surface area contributed by atoms with E-state index in [9.17, 15) is 26.4 Å². The van der Waals surface area contributed by atoms with Crippen LogP contribution in [-0.2, 0) is 21.0 Å². The van der Waals surface area contributed by atoms with Gasteiger partial charge in [0.05, 0.1) is 22.3 Å². The number of aliphatic carboxylic acids is 1. The first-order chi connectivity index (χ1) is 18.8. The number of alkyl halides is 3. The normalized spacial score (nSPS) is 16.0. The van der Waals surface area contributed by atoms with Crippen molar-refractivity contribution in [3.63, 3.8) is 0 Å². The molecule has 0 aromatic heterocycles. The number of hydrogen-bond donors (Lipinski definition) is 3. The molecule has 3 rings (SSSR count). The number of nitrogens with two attached hydrogens (primary N) is 1. The fraction of sp³-hybridized carbons (Fsp3) is 0.462. The molecule has 0 saturated carbocycles. The average molecular weight is 605 g/mol. The SMILES string of the molecule is N=C(N)N1CCCCC1COc1cc(N(CCCCCC(=O)O)S(=O)(=O)c2ccccc2Cl)cc(C(F)(F)F)c1. The maximum Gasteiger partial charge on any atom is 0.416 e. The molecule has 2 aromatic carbocycles. The number of piperidine rings is 1. The Bertz CT molecular complexity index is 1310. The van der Waals surface area contributed by atoms with E-state index in [4.69, 9.17) is 32.6 Å². The molecule has 0 aliphatic carbocycles. The van der Waals surface area contributed by atoms with E-state index in [1.807, 2.05) is 0 Å². The van der Waals surface area contributed by atoms with Crippen LogP contribution in [0.25, 0.3) is 0 Å². The summed E-state index contributed by atoms with van der Waals surface area (Å²) >= 11 is 6.16. The number of carboxylic acids is 1. The smallest absolute Gasteiger partial charge is 0.416 e. The lowest BCUT2D eigenvalue weighted by Crippen LogP contribution is -2.49. The number of guanidine groups is 1. The Morgan fingerprint density at radius 2 is 1.90 bits per heavy atom. The number of ether oxygens (including phenoxy) is 1. The highest BCUT2D eigenvalue weighted by Gasteiger charge is 2.34. The van der Waals surface area contributed by atoms with E-state index < -0.39 is 27.7 Å². The Labute approximate surface area is 236 Å². The Morgan fingerprint density at radius 3 is 2.55 bits per heavy atom. The molecule has 1 aliphatic rings. The maximum absolute atomic E-state index is 13.9. The van der Waals surface area contributed by atoms with E-state index in [2.05, 4.69) is 0 Å². The molecule has 1 fully saturated rings. The van der Waals surface area contributed by atoms with E-state index in [0.717, 1.165) is 29.3 Å². The van der Waals surface area contributed by atoms with Crippen LogP contribution in [0.2, 0.25) is 5.02 Å². The summed E-state index contributed by atoms with van der Waals surface area (Å²) in [5.41, 5.74) is 4.29. The minimum Gasteiger partial charge on any atom is -0.491 e. The van der Waals surface area contributed by atoms with Crippen molar-refractivity contribution >= 4 is 39.2 Å². The molecule has 0 bridgehead atoms. The predicted molar refractivity (Wildman–Crippen MR) is 145 cm³/mol. The van der Waals surface area contributed by atoms with Crippen LogP contribution in [-0.4, -0.2) is 56.1 Å². The van der Waals surface area contributed by atoms with Gasteiger partial charge in [-0.1, -0.05) is 30.2 Å². The van der Waals surface area contributed by atoms with Crippen molar-refractivity contribution in [3.05, 3.63) is 53.1 Å². The predicted octanol–water partition coefficient (Wildman–Crippen LogP) is 5.33. The standard InChI is InChI=1S/C26H32ClF3N4O5S/c27-22-9-3-4-10-23(22)40(37,38)34(13-6-1-2-11-24(35)36)20-14-18(26(28,29)30)15-21(16-20)39-17-19-8-5-7-12-33(19)25(31)32/h3-4,9-10,14-16,19H,1-2,5-8,11-13,17H2,(H3,31,32)(H,35,36). The van der Waals surface area contributed by atoms with Crippen molar-refractivity contribution in [1.29, 1.82) is 5.41 Å². The highest BCUT2D eigenvalue weighted by atomic mass is 35.5. The number of likely N-dealkylation sites (tertiary alicyclic amines) is 1. The fourth-order valence-corrected chi connectivity index (χ4v) is 6.51. The van der Waals surface area contributed by atoms with Crippen LogP contribution in [0.3, 0.4) is 0 Å². The molecule has 0 spiro atoms. The van der Waals surface area contributed by atoms with Gasteiger partial charge in [0, 0.05) is 25.6 Å². The van der Waals surface area contributed by atoms with Crippen molar-refractivity contribution in [3.8, 4) is 5.75 Å². The molecule has 40 heavy (non-hydrogen) atoms. The van der Waals surface area contributed by atoms with Gasteiger partial charge in [0.2, 0.25) is 0 Å². The number of unbranched alkanes of at least 4 members (excludes halogenated alkanes) is 2. The lowest BCUT2D eigenvalue weighted by Gasteiger charge is -2.35. The Hall–Kier alpha value is -3.19. The number of carboxylic acid groups (broad SMARTS) is 1. The Balaban J connectivity index is 1.99. The number of benzene rings is 2. The summed E-state index contributed by atoms with van der Waals surface area (Å²) in [5.74, 6) is -1.34. The summed E-state index contributed by atoms with van der Waals surface area (Å²) in [6.07, 6.45) is -1.80. The van der Waals surface area contributed by atoms with Crippen molar-refractivity contribution in [2.24, 2.45) is 5.73 Å². The number of sulfonamides is 1. The minimum absolute atomic E-state index is 0.0488. The molecular weight excluding hydrogens is 573 g/mol. The number of hydrogen-bond acceptors (Lipinski definition) is 5. The van der Waals surface area contributed by atoms with Gasteiger partial charge in [-0.25, -0.2) is 8.42 Å². The second-order valence-corrected chi connectivity index (χ2v) is 11.7.